The Morgan fingerprint density at radius 1 is 1.15 bits per heavy atom. The van der Waals surface area contributed by atoms with Crippen molar-refractivity contribution in [2.75, 3.05) is 37.6 Å². The molecule has 2 aliphatic heterocycles. The van der Waals surface area contributed by atoms with E-state index < -0.39 is 4.92 Å². The van der Waals surface area contributed by atoms with E-state index in [1.165, 1.54) is 36.2 Å². The lowest BCUT2D eigenvalue weighted by Crippen LogP contribution is -2.58. The summed E-state index contributed by atoms with van der Waals surface area (Å²) < 4.78 is 0. The fourth-order valence-electron chi connectivity index (χ4n) is 5.15. The molecular formula is C24H31Cl2N5O2. The van der Waals surface area contributed by atoms with Gasteiger partial charge in [-0.1, -0.05) is 36.2 Å². The minimum atomic E-state index is -0.462. The summed E-state index contributed by atoms with van der Waals surface area (Å²) in [5.74, 6) is 0.647. The van der Waals surface area contributed by atoms with Crippen LogP contribution in [0.1, 0.15) is 37.3 Å². The Morgan fingerprint density at radius 3 is 2.55 bits per heavy atom. The molecule has 1 atom stereocenters. The molecule has 2 saturated heterocycles. The number of aromatic nitrogens is 1. The maximum absolute atomic E-state index is 11.0. The SMILES string of the molecule is CCC1CN(c2ncc([N+](=O)[O-])cc2Cl)CCN1C1CCN(Cc2ccc(Cl)cc2C)CC1. The lowest BCUT2D eigenvalue weighted by Gasteiger charge is -2.47. The molecule has 3 heterocycles. The molecule has 0 amide bonds. The minimum Gasteiger partial charge on any atom is -0.353 e. The zero-order valence-electron chi connectivity index (χ0n) is 19.2. The van der Waals surface area contributed by atoms with Crippen LogP contribution in [-0.2, 0) is 6.54 Å². The molecule has 9 heteroatoms. The Balaban J connectivity index is 1.35. The zero-order chi connectivity index (χ0) is 23.5. The summed E-state index contributed by atoms with van der Waals surface area (Å²) in [5, 5.41) is 12.1. The average molecular weight is 492 g/mol. The molecule has 2 fully saturated rings. The minimum absolute atomic E-state index is 0.0741. The third-order valence-electron chi connectivity index (χ3n) is 7.04. The first-order chi connectivity index (χ1) is 15.9. The lowest BCUT2D eigenvalue weighted by molar-refractivity contribution is -0.385. The molecule has 7 nitrogen and oxygen atoms in total. The summed E-state index contributed by atoms with van der Waals surface area (Å²) >= 11 is 12.5. The van der Waals surface area contributed by atoms with E-state index in [0.29, 0.717) is 22.9 Å². The molecule has 0 N–H and O–H groups in total. The van der Waals surface area contributed by atoms with Crippen molar-refractivity contribution in [1.29, 1.82) is 0 Å². The van der Waals surface area contributed by atoms with E-state index in [1.807, 2.05) is 12.1 Å². The molecule has 1 aromatic carbocycles. The van der Waals surface area contributed by atoms with Gasteiger partial charge in [-0.15, -0.1) is 0 Å². The highest BCUT2D eigenvalue weighted by Crippen LogP contribution is 2.31. The average Bonchev–Trinajstić information content (AvgIpc) is 2.81. The van der Waals surface area contributed by atoms with Crippen LogP contribution in [0.4, 0.5) is 11.5 Å². The number of nitro groups is 1. The Labute approximate surface area is 205 Å². The first-order valence-electron chi connectivity index (χ1n) is 11.6. The third kappa shape index (κ3) is 5.60. The Morgan fingerprint density at radius 2 is 1.91 bits per heavy atom. The lowest BCUT2D eigenvalue weighted by atomic mass is 9.97. The van der Waals surface area contributed by atoms with E-state index in [0.717, 1.165) is 50.7 Å². The summed E-state index contributed by atoms with van der Waals surface area (Å²) in [6, 6.07) is 8.57. The second-order valence-corrected chi connectivity index (χ2v) is 9.92. The summed E-state index contributed by atoms with van der Waals surface area (Å²) in [4.78, 5) is 22.2. The van der Waals surface area contributed by atoms with Crippen LogP contribution < -0.4 is 4.90 Å². The number of aryl methyl sites for hydroxylation is 1. The zero-order valence-corrected chi connectivity index (χ0v) is 20.7. The van der Waals surface area contributed by atoms with Crippen LogP contribution in [0.25, 0.3) is 0 Å². The standard InChI is InChI=1S/C24H31Cl2N5O2/c1-3-20-16-29(24-23(26)13-22(14-27-24)31(32)33)10-11-30(20)21-6-8-28(9-7-21)15-18-4-5-19(25)12-17(18)2/h4-5,12-14,20-21H,3,6-11,15-16H2,1-2H3. The fourth-order valence-corrected chi connectivity index (χ4v) is 5.65. The van der Waals surface area contributed by atoms with Crippen molar-refractivity contribution in [2.45, 2.75) is 51.7 Å². The molecule has 4 rings (SSSR count). The number of anilines is 1. The van der Waals surface area contributed by atoms with Gasteiger partial charge in [0.25, 0.3) is 5.69 Å². The molecule has 0 saturated carbocycles. The highest BCUT2D eigenvalue weighted by Gasteiger charge is 2.34. The largest absolute Gasteiger partial charge is 0.353 e. The summed E-state index contributed by atoms with van der Waals surface area (Å²) in [5.41, 5.74) is 2.53. The predicted octanol–water partition coefficient (Wildman–Crippen LogP) is 5.17. The van der Waals surface area contributed by atoms with Gasteiger partial charge in [0.05, 0.1) is 9.95 Å². The maximum Gasteiger partial charge on any atom is 0.289 e. The second kappa shape index (κ2) is 10.6. The molecule has 0 radical (unpaired) electrons. The van der Waals surface area contributed by atoms with Gasteiger partial charge in [-0.05, 0) is 62.5 Å². The summed E-state index contributed by atoms with van der Waals surface area (Å²) in [6.45, 7) is 10.1. The first kappa shape index (κ1) is 24.2. The van der Waals surface area contributed by atoms with Gasteiger partial charge >= 0.3 is 0 Å². The number of pyridine rings is 1. The highest BCUT2D eigenvalue weighted by molar-refractivity contribution is 6.33. The van der Waals surface area contributed by atoms with Crippen molar-refractivity contribution in [3.63, 3.8) is 0 Å². The molecular weight excluding hydrogens is 461 g/mol. The molecule has 1 unspecified atom stereocenters. The van der Waals surface area contributed by atoms with Gasteiger partial charge in [0.15, 0.2) is 0 Å². The normalized spacial score (nSPS) is 20.8. The van der Waals surface area contributed by atoms with Crippen molar-refractivity contribution in [2.24, 2.45) is 0 Å². The van der Waals surface area contributed by atoms with E-state index in [2.05, 4.69) is 39.6 Å². The van der Waals surface area contributed by atoms with Gasteiger partial charge in [-0.25, -0.2) is 4.98 Å². The number of rotatable bonds is 6. The number of hydrogen-bond donors (Lipinski definition) is 0. The van der Waals surface area contributed by atoms with Crippen LogP contribution in [-0.4, -0.2) is 64.5 Å². The predicted molar refractivity (Wildman–Crippen MR) is 133 cm³/mol. The van der Waals surface area contributed by atoms with Crippen LogP contribution in [0.2, 0.25) is 10.0 Å². The van der Waals surface area contributed by atoms with E-state index in [9.17, 15) is 10.1 Å². The number of hydrogen-bond acceptors (Lipinski definition) is 6. The van der Waals surface area contributed by atoms with Crippen LogP contribution in [0.15, 0.2) is 30.5 Å². The highest BCUT2D eigenvalue weighted by atomic mass is 35.5. The molecule has 2 aliphatic rings. The molecule has 0 spiro atoms. The monoisotopic (exact) mass is 491 g/mol. The number of piperazine rings is 1. The van der Waals surface area contributed by atoms with Crippen molar-refractivity contribution >= 4 is 34.7 Å². The van der Waals surface area contributed by atoms with Crippen LogP contribution in [0, 0.1) is 17.0 Å². The topological polar surface area (TPSA) is 65.8 Å². The van der Waals surface area contributed by atoms with E-state index in [1.54, 1.807) is 0 Å². The van der Waals surface area contributed by atoms with Gasteiger partial charge in [0.2, 0.25) is 0 Å². The third-order valence-corrected chi connectivity index (χ3v) is 7.56. The molecule has 33 heavy (non-hydrogen) atoms. The fraction of sp³-hybridized carbons (Fsp3) is 0.542. The molecule has 1 aromatic heterocycles. The van der Waals surface area contributed by atoms with Gasteiger partial charge in [0.1, 0.15) is 12.0 Å². The molecule has 2 aromatic rings. The molecule has 0 bridgehead atoms. The van der Waals surface area contributed by atoms with Crippen molar-refractivity contribution < 1.29 is 4.92 Å². The van der Waals surface area contributed by atoms with E-state index >= 15 is 0 Å². The van der Waals surface area contributed by atoms with Crippen LogP contribution in [0.3, 0.4) is 0 Å². The van der Waals surface area contributed by atoms with Crippen molar-refractivity contribution in [3.8, 4) is 0 Å². The second-order valence-electron chi connectivity index (χ2n) is 9.08. The summed E-state index contributed by atoms with van der Waals surface area (Å²) in [6.07, 6.45) is 4.68. The maximum atomic E-state index is 11.0. The van der Waals surface area contributed by atoms with Crippen LogP contribution >= 0.6 is 23.2 Å². The number of benzene rings is 1. The Kier molecular flexibility index (Phi) is 7.74. The van der Waals surface area contributed by atoms with Crippen molar-refractivity contribution in [1.82, 2.24) is 14.8 Å². The number of piperidine rings is 1. The molecule has 0 aliphatic carbocycles. The van der Waals surface area contributed by atoms with Gasteiger partial charge in [-0.2, -0.15) is 0 Å². The smallest absolute Gasteiger partial charge is 0.289 e. The Hall–Kier alpha value is -1.93. The number of halogens is 2. The van der Waals surface area contributed by atoms with E-state index in [-0.39, 0.29) is 5.69 Å². The molecule has 178 valence electrons. The van der Waals surface area contributed by atoms with Gasteiger partial charge in [0, 0.05) is 49.4 Å². The number of likely N-dealkylation sites (tertiary alicyclic amines) is 1. The van der Waals surface area contributed by atoms with Gasteiger partial charge < -0.3 is 4.90 Å². The number of nitrogens with zero attached hydrogens (tertiary/aromatic N) is 5. The first-order valence-corrected chi connectivity index (χ1v) is 12.4. The Bertz CT molecular complexity index is 997. The van der Waals surface area contributed by atoms with Gasteiger partial charge in [-0.3, -0.25) is 19.9 Å². The van der Waals surface area contributed by atoms with E-state index in [4.69, 9.17) is 23.2 Å². The van der Waals surface area contributed by atoms with Crippen molar-refractivity contribution in [3.05, 3.63) is 61.7 Å². The summed E-state index contributed by atoms with van der Waals surface area (Å²) in [7, 11) is 0. The quantitative estimate of drug-likeness (QED) is 0.410. The van der Waals surface area contributed by atoms with Crippen LogP contribution in [0.5, 0.6) is 0 Å².